The Bertz CT molecular complexity index is 1530. The summed E-state index contributed by atoms with van der Waals surface area (Å²) in [5.41, 5.74) is 11.4. The Morgan fingerprint density at radius 1 is 0.950 bits per heavy atom. The number of amides is 2. The van der Waals surface area contributed by atoms with E-state index in [9.17, 15) is 9.59 Å². The molecule has 1 saturated heterocycles. The zero-order valence-corrected chi connectivity index (χ0v) is 22.9. The lowest BCUT2D eigenvalue weighted by Gasteiger charge is -2.32. The standard InChI is InChI=1S/C31H35N7O2/c1-34-24-11-8-22(9-12-24)30(39)35-25-15-17-38(18-16-25)31(40)23-10-13-27-26(19-23)36-28(37(27)2)14-5-20-3-6-21(7-4-20)29(32)33/h3-4,6-13,19,25,34H,5,14-18H2,1-2H3,(H3,32,33)(H,35,39). The highest BCUT2D eigenvalue weighted by Crippen LogP contribution is 2.21. The van der Waals surface area contributed by atoms with E-state index >= 15 is 0 Å². The molecule has 0 radical (unpaired) electrons. The molecular weight excluding hydrogens is 502 g/mol. The number of nitrogens with zero attached hydrogens (tertiary/aromatic N) is 3. The first-order chi connectivity index (χ1) is 19.3. The Hall–Kier alpha value is -4.66. The fourth-order valence-electron chi connectivity index (χ4n) is 5.18. The summed E-state index contributed by atoms with van der Waals surface area (Å²) in [5, 5.41) is 13.7. The predicted molar refractivity (Wildman–Crippen MR) is 158 cm³/mol. The minimum atomic E-state index is -0.0862. The molecule has 0 atom stereocenters. The van der Waals surface area contributed by atoms with E-state index in [1.54, 1.807) is 0 Å². The monoisotopic (exact) mass is 537 g/mol. The average molecular weight is 538 g/mol. The number of aryl methyl sites for hydroxylation is 3. The molecule has 0 aliphatic carbocycles. The van der Waals surface area contributed by atoms with E-state index in [1.165, 1.54) is 0 Å². The van der Waals surface area contributed by atoms with E-state index in [0.717, 1.165) is 53.8 Å². The van der Waals surface area contributed by atoms with Gasteiger partial charge in [-0.05, 0) is 67.3 Å². The van der Waals surface area contributed by atoms with Crippen LogP contribution in [0.15, 0.2) is 66.7 Å². The summed E-state index contributed by atoms with van der Waals surface area (Å²) < 4.78 is 2.08. The van der Waals surface area contributed by atoms with Crippen molar-refractivity contribution < 1.29 is 9.59 Å². The number of nitrogen functional groups attached to an aromatic ring is 1. The Balaban J connectivity index is 1.18. The van der Waals surface area contributed by atoms with Crippen molar-refractivity contribution in [1.82, 2.24) is 19.8 Å². The van der Waals surface area contributed by atoms with Gasteiger partial charge in [0.1, 0.15) is 11.7 Å². The van der Waals surface area contributed by atoms with Crippen LogP contribution in [0.5, 0.6) is 0 Å². The molecule has 40 heavy (non-hydrogen) atoms. The molecule has 0 unspecified atom stereocenters. The third-order valence-electron chi connectivity index (χ3n) is 7.68. The van der Waals surface area contributed by atoms with E-state index in [2.05, 4.69) is 15.2 Å². The normalized spacial score (nSPS) is 13.8. The maximum absolute atomic E-state index is 13.3. The van der Waals surface area contributed by atoms with Gasteiger partial charge in [-0.3, -0.25) is 15.0 Å². The van der Waals surface area contributed by atoms with Crippen LogP contribution in [-0.4, -0.2) is 58.3 Å². The minimum absolute atomic E-state index is 0.00732. The number of amidine groups is 1. The first kappa shape index (κ1) is 26.9. The van der Waals surface area contributed by atoms with Crippen molar-refractivity contribution in [2.45, 2.75) is 31.7 Å². The van der Waals surface area contributed by atoms with Crippen molar-refractivity contribution in [2.24, 2.45) is 12.8 Å². The van der Waals surface area contributed by atoms with Crippen LogP contribution in [0.25, 0.3) is 11.0 Å². The smallest absolute Gasteiger partial charge is 0.253 e. The number of nitrogens with two attached hydrogens (primary N) is 1. The lowest BCUT2D eigenvalue weighted by molar-refractivity contribution is 0.0698. The molecule has 0 spiro atoms. The lowest BCUT2D eigenvalue weighted by Crippen LogP contribution is -2.46. The number of anilines is 1. The molecule has 1 fully saturated rings. The van der Waals surface area contributed by atoms with Crippen LogP contribution in [0.2, 0.25) is 0 Å². The summed E-state index contributed by atoms with van der Waals surface area (Å²) in [4.78, 5) is 32.6. The van der Waals surface area contributed by atoms with Gasteiger partial charge in [0.25, 0.3) is 11.8 Å². The molecule has 1 aromatic heterocycles. The molecule has 0 saturated carbocycles. The van der Waals surface area contributed by atoms with E-state index in [-0.39, 0.29) is 23.7 Å². The first-order valence-electron chi connectivity index (χ1n) is 13.6. The van der Waals surface area contributed by atoms with Crippen LogP contribution in [-0.2, 0) is 19.9 Å². The van der Waals surface area contributed by atoms with Crippen LogP contribution in [0.1, 0.15) is 50.5 Å². The number of nitrogens with one attached hydrogen (secondary N) is 3. The number of carbonyl (C=O) groups is 2. The maximum Gasteiger partial charge on any atom is 0.253 e. The lowest BCUT2D eigenvalue weighted by atomic mass is 10.0. The fraction of sp³-hybridized carbons (Fsp3) is 0.290. The number of hydrogen-bond acceptors (Lipinski definition) is 5. The molecule has 2 amide bonds. The minimum Gasteiger partial charge on any atom is -0.388 e. The van der Waals surface area contributed by atoms with E-state index in [0.29, 0.717) is 29.8 Å². The third kappa shape index (κ3) is 5.83. The Morgan fingerprint density at radius 2 is 1.60 bits per heavy atom. The quantitative estimate of drug-likeness (QED) is 0.201. The van der Waals surface area contributed by atoms with Crippen LogP contribution in [0.3, 0.4) is 0 Å². The highest BCUT2D eigenvalue weighted by Gasteiger charge is 2.25. The number of carbonyl (C=O) groups excluding carboxylic acids is 2. The van der Waals surface area contributed by atoms with Gasteiger partial charge in [-0.25, -0.2) is 4.98 Å². The number of piperidine rings is 1. The molecule has 5 rings (SSSR count). The largest absolute Gasteiger partial charge is 0.388 e. The Kier molecular flexibility index (Phi) is 7.82. The highest BCUT2D eigenvalue weighted by molar-refractivity contribution is 5.98. The van der Waals surface area contributed by atoms with Crippen molar-refractivity contribution >= 4 is 34.4 Å². The van der Waals surface area contributed by atoms with Crippen LogP contribution >= 0.6 is 0 Å². The van der Waals surface area contributed by atoms with Gasteiger partial charge in [0.2, 0.25) is 0 Å². The molecule has 4 aromatic rings. The molecule has 0 bridgehead atoms. The average Bonchev–Trinajstić information content (AvgIpc) is 3.30. The summed E-state index contributed by atoms with van der Waals surface area (Å²) in [6, 6.07) is 20.9. The van der Waals surface area contributed by atoms with Gasteiger partial charge in [0.05, 0.1) is 11.0 Å². The number of rotatable bonds is 8. The van der Waals surface area contributed by atoms with Crippen molar-refractivity contribution in [3.63, 3.8) is 0 Å². The Morgan fingerprint density at radius 3 is 2.25 bits per heavy atom. The second-order valence-electron chi connectivity index (χ2n) is 10.3. The summed E-state index contributed by atoms with van der Waals surface area (Å²) in [5.74, 6) is 0.923. The summed E-state index contributed by atoms with van der Waals surface area (Å²) >= 11 is 0. The summed E-state index contributed by atoms with van der Waals surface area (Å²) in [7, 11) is 3.84. The SMILES string of the molecule is CNc1ccc(C(=O)NC2CCN(C(=O)c3ccc4c(c3)nc(CCc3ccc(C(=N)N)cc3)n4C)CC2)cc1. The molecular formula is C31H35N7O2. The van der Waals surface area contributed by atoms with Crippen molar-refractivity contribution in [1.29, 1.82) is 5.41 Å². The van der Waals surface area contributed by atoms with Gasteiger partial charge in [-0.2, -0.15) is 0 Å². The molecule has 5 N–H and O–H groups in total. The second-order valence-corrected chi connectivity index (χ2v) is 10.3. The number of benzene rings is 3. The molecule has 1 aliphatic heterocycles. The molecule has 9 heteroatoms. The fourth-order valence-corrected chi connectivity index (χ4v) is 5.18. The van der Waals surface area contributed by atoms with E-state index in [4.69, 9.17) is 16.1 Å². The van der Waals surface area contributed by atoms with Crippen LogP contribution in [0.4, 0.5) is 5.69 Å². The van der Waals surface area contributed by atoms with E-state index in [1.807, 2.05) is 85.7 Å². The van der Waals surface area contributed by atoms with Gasteiger partial charge < -0.3 is 25.8 Å². The molecule has 3 aromatic carbocycles. The zero-order chi connectivity index (χ0) is 28.2. The summed E-state index contributed by atoms with van der Waals surface area (Å²) in [6.07, 6.45) is 3.01. The predicted octanol–water partition coefficient (Wildman–Crippen LogP) is 3.72. The number of fused-ring (bicyclic) bond motifs is 1. The van der Waals surface area contributed by atoms with Gasteiger partial charge >= 0.3 is 0 Å². The zero-order valence-electron chi connectivity index (χ0n) is 22.9. The molecule has 1 aliphatic rings. The van der Waals surface area contributed by atoms with Gasteiger partial charge in [0.15, 0.2) is 0 Å². The van der Waals surface area contributed by atoms with Gasteiger partial charge in [0, 0.05) is 62.0 Å². The number of hydrogen-bond donors (Lipinski definition) is 4. The Labute approximate surface area is 233 Å². The van der Waals surface area contributed by atoms with Crippen LogP contribution in [0, 0.1) is 5.41 Å². The molecule has 206 valence electrons. The van der Waals surface area contributed by atoms with Crippen molar-refractivity contribution in [2.75, 3.05) is 25.5 Å². The highest BCUT2D eigenvalue weighted by atomic mass is 16.2. The number of likely N-dealkylation sites (tertiary alicyclic amines) is 1. The third-order valence-corrected chi connectivity index (χ3v) is 7.68. The van der Waals surface area contributed by atoms with Crippen molar-refractivity contribution in [3.05, 3.63) is 94.8 Å². The topological polar surface area (TPSA) is 129 Å². The van der Waals surface area contributed by atoms with Crippen LogP contribution < -0.4 is 16.4 Å². The summed E-state index contributed by atoms with van der Waals surface area (Å²) in [6.45, 7) is 1.19. The second kappa shape index (κ2) is 11.6. The van der Waals surface area contributed by atoms with Gasteiger partial charge in [-0.15, -0.1) is 0 Å². The number of imidazole rings is 1. The number of aromatic nitrogens is 2. The maximum atomic E-state index is 13.3. The van der Waals surface area contributed by atoms with Gasteiger partial charge in [-0.1, -0.05) is 24.3 Å². The van der Waals surface area contributed by atoms with E-state index < -0.39 is 0 Å². The molecule has 9 nitrogen and oxygen atoms in total. The first-order valence-corrected chi connectivity index (χ1v) is 13.6. The van der Waals surface area contributed by atoms with Crippen molar-refractivity contribution in [3.8, 4) is 0 Å². The molecule has 2 heterocycles.